The van der Waals surface area contributed by atoms with Crippen molar-refractivity contribution in [1.82, 2.24) is 5.43 Å². The molecule has 1 aromatic rings. The molecule has 1 aliphatic heterocycles. The third-order valence-electron chi connectivity index (χ3n) is 4.52. The number of carbonyl (C=O) groups excluding carboxylic acids is 2. The maximum atomic E-state index is 12.5. The van der Waals surface area contributed by atoms with E-state index in [0.29, 0.717) is 0 Å². The van der Waals surface area contributed by atoms with Crippen LogP contribution in [-0.4, -0.2) is 43.1 Å². The van der Waals surface area contributed by atoms with E-state index < -0.39 is 55.0 Å². The van der Waals surface area contributed by atoms with Crippen LogP contribution in [-0.2, 0) is 9.59 Å². The topological polar surface area (TPSA) is 126 Å². The molecule has 3 atom stereocenters. The molecule has 0 aromatic heterocycles. The first-order valence-corrected chi connectivity index (χ1v) is 7.77. The van der Waals surface area contributed by atoms with E-state index in [-0.39, 0.29) is 12.1 Å². The van der Waals surface area contributed by atoms with Crippen LogP contribution in [0.5, 0.6) is 11.5 Å². The third kappa shape index (κ3) is 2.99. The van der Waals surface area contributed by atoms with E-state index in [1.165, 1.54) is 25.1 Å². The van der Waals surface area contributed by atoms with Gasteiger partial charge in [-0.2, -0.15) is 0 Å². The lowest BCUT2D eigenvalue weighted by molar-refractivity contribution is -0.150. The molecule has 0 spiro atoms. The van der Waals surface area contributed by atoms with Crippen LogP contribution in [0.15, 0.2) is 23.2 Å². The predicted molar refractivity (Wildman–Crippen MR) is 95.7 cm³/mol. The molecule has 0 fully saturated rings. The van der Waals surface area contributed by atoms with E-state index >= 15 is 0 Å². The second-order valence-electron chi connectivity index (χ2n) is 5.79. The number of aliphatic imine (C=N–C) groups is 1. The summed E-state index contributed by atoms with van der Waals surface area (Å²) in [5.41, 5.74) is -0.874. The lowest BCUT2D eigenvalue weighted by atomic mass is 9.80. The molecule has 0 saturated carbocycles. The Labute approximate surface area is 160 Å². The molecule has 9 nitrogen and oxygen atoms in total. The van der Waals surface area contributed by atoms with Crippen molar-refractivity contribution in [2.24, 2.45) is 22.7 Å². The fourth-order valence-corrected chi connectivity index (χ4v) is 2.95. The number of methoxy groups -OCH3 is 2. The van der Waals surface area contributed by atoms with Crippen molar-refractivity contribution >= 4 is 23.8 Å². The number of carbonyl (C=O) groups is 2. The molecule has 1 heterocycles. The van der Waals surface area contributed by atoms with Gasteiger partial charge in [0.15, 0.2) is 11.6 Å². The number of nitrogens with two attached hydrogens (primary N) is 1. The monoisotopic (exact) mass is 370 g/mol. The molecule has 4 N–H and O–H groups in total. The Hall–Kier alpha value is -2.65. The third-order valence-corrected chi connectivity index (χ3v) is 4.52. The van der Waals surface area contributed by atoms with Crippen LogP contribution in [0.4, 0.5) is 5.69 Å². The van der Waals surface area contributed by atoms with Crippen molar-refractivity contribution in [1.29, 1.82) is 0 Å². The van der Waals surface area contributed by atoms with E-state index in [1.54, 1.807) is 6.92 Å². The largest absolute Gasteiger partial charge is 0.494 e. The summed E-state index contributed by atoms with van der Waals surface area (Å²) in [5.74, 6) is -0.275. The minimum Gasteiger partial charge on any atom is -0.494 e. The van der Waals surface area contributed by atoms with E-state index in [1.807, 2.05) is 5.43 Å². The van der Waals surface area contributed by atoms with Crippen molar-refractivity contribution in [2.75, 3.05) is 19.0 Å². The first-order valence-electron chi connectivity index (χ1n) is 10.8. The van der Waals surface area contributed by atoms with Crippen molar-refractivity contribution in [2.45, 2.75) is 26.0 Å². The molecule has 0 aliphatic carbocycles. The second kappa shape index (κ2) is 7.71. The number of anilines is 1. The Balaban J connectivity index is 2.85. The highest BCUT2D eigenvalue weighted by Gasteiger charge is 2.56. The van der Waals surface area contributed by atoms with Gasteiger partial charge in [-0.05, 0) is 18.6 Å². The summed E-state index contributed by atoms with van der Waals surface area (Å²) in [7, 11) is -5.92. The maximum Gasteiger partial charge on any atom is 0.264 e. The summed E-state index contributed by atoms with van der Waals surface area (Å²) in [4.78, 5) is 29.5. The zero-order valence-corrected chi connectivity index (χ0v) is 14.2. The summed E-state index contributed by atoms with van der Waals surface area (Å²) in [6, 6.07) is 3.69. The molecule has 1 aliphatic rings. The number of hydrazine groups is 1. The number of ether oxygens (including phenoxy) is 2. The quantitative estimate of drug-likeness (QED) is 0.287. The molecule has 9 heteroatoms. The van der Waals surface area contributed by atoms with Gasteiger partial charge in [0.05, 0.1) is 22.3 Å². The van der Waals surface area contributed by atoms with Gasteiger partial charge in [-0.1, -0.05) is 19.9 Å². The van der Waals surface area contributed by atoms with E-state index in [9.17, 15) is 14.7 Å². The molecular weight excluding hydrogens is 340 g/mol. The number of para-hydroxylation sites is 1. The van der Waals surface area contributed by atoms with Crippen LogP contribution in [0.2, 0.25) is 0 Å². The fourth-order valence-electron chi connectivity index (χ4n) is 2.95. The Bertz CT molecular complexity index is 872. The Morgan fingerprint density at radius 2 is 2.12 bits per heavy atom. The lowest BCUT2D eigenvalue weighted by Crippen LogP contribution is -2.66. The van der Waals surface area contributed by atoms with Crippen LogP contribution >= 0.6 is 0 Å². The number of hydrogen-bond donors (Lipinski definition) is 3. The average Bonchev–Trinajstić information content (AvgIpc) is 2.65. The van der Waals surface area contributed by atoms with Crippen molar-refractivity contribution < 1.29 is 32.4 Å². The minimum atomic E-state index is -2.96. The lowest BCUT2D eigenvalue weighted by Gasteiger charge is -2.47. The molecule has 26 heavy (non-hydrogen) atoms. The van der Waals surface area contributed by atoms with Crippen molar-refractivity contribution in [3.05, 3.63) is 18.2 Å². The first kappa shape index (κ1) is 12.7. The highest BCUT2D eigenvalue weighted by atomic mass is 16.5. The average molecular weight is 370 g/mol. The van der Waals surface area contributed by atoms with Gasteiger partial charge in [0, 0.05) is 5.92 Å². The molecule has 2 amide bonds. The van der Waals surface area contributed by atoms with Gasteiger partial charge in [-0.3, -0.25) is 19.9 Å². The van der Waals surface area contributed by atoms with Crippen molar-refractivity contribution in [3.63, 3.8) is 0 Å². The van der Waals surface area contributed by atoms with Crippen LogP contribution in [0, 0.1) is 11.8 Å². The van der Waals surface area contributed by atoms with Crippen molar-refractivity contribution in [3.8, 4) is 11.5 Å². The van der Waals surface area contributed by atoms with E-state index in [4.69, 9.17) is 23.5 Å². The summed E-state index contributed by atoms with van der Waals surface area (Å²) in [5, 5.41) is 11.7. The zero-order chi connectivity index (χ0) is 24.5. The van der Waals surface area contributed by atoms with Gasteiger partial charge in [-0.15, -0.1) is 0 Å². The highest BCUT2D eigenvalue weighted by molar-refractivity contribution is 6.09. The highest BCUT2D eigenvalue weighted by Crippen LogP contribution is 2.45. The molecule has 3 unspecified atom stereocenters. The first-order chi connectivity index (χ1) is 14.7. The number of aliphatic hydroxyl groups is 1. The molecule has 142 valence electrons. The van der Waals surface area contributed by atoms with Gasteiger partial charge >= 0.3 is 0 Å². The predicted octanol–water partition coefficient (Wildman–Crippen LogP) is 0.419. The second-order valence-corrected chi connectivity index (χ2v) is 5.79. The summed E-state index contributed by atoms with van der Waals surface area (Å²) < 4.78 is 54.6. The van der Waals surface area contributed by atoms with Gasteiger partial charge < -0.3 is 14.6 Å². The summed E-state index contributed by atoms with van der Waals surface area (Å²) in [6.45, 7) is 3.22. The fraction of sp³-hybridized carbons (Fsp3) is 0.471. The Kier molecular flexibility index (Phi) is 3.76. The van der Waals surface area contributed by atoms with Crippen LogP contribution in [0.3, 0.4) is 0 Å². The van der Waals surface area contributed by atoms with Crippen LogP contribution in [0.25, 0.3) is 0 Å². The van der Waals surface area contributed by atoms with Crippen LogP contribution in [0.1, 0.15) is 28.5 Å². The van der Waals surface area contributed by atoms with Gasteiger partial charge in [-0.25, -0.2) is 10.8 Å². The molecule has 0 saturated heterocycles. The van der Waals surface area contributed by atoms with Crippen LogP contribution < -0.4 is 25.6 Å². The maximum absolute atomic E-state index is 12.5. The van der Waals surface area contributed by atoms with E-state index in [0.717, 1.165) is 11.2 Å². The zero-order valence-electron chi connectivity index (χ0n) is 20.2. The SMILES string of the molecule is [2H]C([2H])([2H])Oc1cccc(OC([2H])([2H])[2H])c1N1C=NC(=O)C(C(=O)NN)C1(O)C(C)CC. The Morgan fingerprint density at radius 3 is 2.62 bits per heavy atom. The molecule has 0 bridgehead atoms. The van der Waals surface area contributed by atoms with Gasteiger partial charge in [0.25, 0.3) is 11.8 Å². The summed E-state index contributed by atoms with van der Waals surface area (Å²) >= 11 is 0. The number of nitrogens with one attached hydrogen (secondary N) is 1. The molecule has 0 radical (unpaired) electrons. The number of amides is 2. The van der Waals surface area contributed by atoms with Gasteiger partial charge in [0.2, 0.25) is 0 Å². The molecular formula is C17H24N4O5. The number of hydrogen-bond acceptors (Lipinski definition) is 7. The Morgan fingerprint density at radius 1 is 1.50 bits per heavy atom. The summed E-state index contributed by atoms with van der Waals surface area (Å²) in [6.07, 6.45) is 1.11. The van der Waals surface area contributed by atoms with Gasteiger partial charge in [0.1, 0.15) is 23.5 Å². The standard InChI is InChI=1S/C17H24N4O5/c1-5-10(2)17(24)13(16(23)20-18)15(22)19-9-21(17)14-11(25-3)7-6-8-12(14)26-4/h6-10,13,24H,5,18H2,1-4H3,(H,20,23)/i3D3,4D3. The molecule has 1 aromatic carbocycles. The number of benzene rings is 1. The minimum absolute atomic E-state index is 0.250. The normalized spacial score (nSPS) is 27.9. The van der Waals surface area contributed by atoms with E-state index in [2.05, 4.69) is 4.99 Å². The number of rotatable bonds is 6. The smallest absolute Gasteiger partial charge is 0.264 e. The number of nitrogens with zero attached hydrogens (tertiary/aromatic N) is 2. The molecule has 2 rings (SSSR count).